The van der Waals surface area contributed by atoms with E-state index in [0.29, 0.717) is 31.6 Å². The Morgan fingerprint density at radius 2 is 2.04 bits per heavy atom. The summed E-state index contributed by atoms with van der Waals surface area (Å²) in [5.41, 5.74) is -0.0764. The van der Waals surface area contributed by atoms with Crippen molar-refractivity contribution in [2.75, 3.05) is 0 Å². The van der Waals surface area contributed by atoms with Crippen molar-refractivity contribution in [2.45, 2.75) is 57.4 Å². The predicted octanol–water partition coefficient (Wildman–Crippen LogP) is 3.77. The fourth-order valence-electron chi connectivity index (χ4n) is 3.40. The third kappa shape index (κ3) is 4.18. The molecule has 1 aromatic heterocycles. The predicted molar refractivity (Wildman–Crippen MR) is 98.7 cm³/mol. The smallest absolute Gasteiger partial charge is 0.329 e. The van der Waals surface area contributed by atoms with E-state index in [-0.39, 0.29) is 5.91 Å². The molecular weight excluding hydrogens is 336 g/mol. The molecule has 0 radical (unpaired) electrons. The van der Waals surface area contributed by atoms with Gasteiger partial charge in [0.1, 0.15) is 5.54 Å². The zero-order chi connectivity index (χ0) is 17.9. The fraction of sp³-hybridized carbons (Fsp3) is 0.526. The van der Waals surface area contributed by atoms with Crippen LogP contribution < -0.4 is 5.32 Å². The number of rotatable bonds is 6. The molecule has 1 amide bonds. The van der Waals surface area contributed by atoms with Crippen LogP contribution in [-0.2, 0) is 16.0 Å². The number of nitrogens with one attached hydrogen (secondary N) is 1. The van der Waals surface area contributed by atoms with Crippen LogP contribution in [0.5, 0.6) is 0 Å². The maximum absolute atomic E-state index is 12.3. The Morgan fingerprint density at radius 3 is 2.72 bits per heavy atom. The lowest BCUT2D eigenvalue weighted by atomic mass is 9.77. The first-order valence-electron chi connectivity index (χ1n) is 8.87. The topological polar surface area (TPSA) is 79.3 Å². The first-order valence-corrected chi connectivity index (χ1v) is 9.69. The highest BCUT2D eigenvalue weighted by Crippen LogP contribution is 2.32. The Balaban J connectivity index is 1.52. The molecule has 0 saturated heterocycles. The van der Waals surface area contributed by atoms with Crippen LogP contribution >= 0.6 is 11.3 Å². The molecule has 2 N–H and O–H groups in total. The van der Waals surface area contributed by atoms with Crippen molar-refractivity contribution < 1.29 is 14.7 Å². The summed E-state index contributed by atoms with van der Waals surface area (Å²) in [5, 5.41) is 13.4. The van der Waals surface area contributed by atoms with E-state index in [1.54, 1.807) is 11.3 Å². The first kappa shape index (κ1) is 17.9. The molecule has 5 nitrogen and oxygen atoms in total. The molecule has 0 bridgehead atoms. The summed E-state index contributed by atoms with van der Waals surface area (Å²) in [6, 6.07) is 8.00. The van der Waals surface area contributed by atoms with Crippen molar-refractivity contribution in [1.82, 2.24) is 10.3 Å². The molecule has 1 aliphatic carbocycles. The monoisotopic (exact) mass is 360 g/mol. The maximum atomic E-state index is 12.3. The van der Waals surface area contributed by atoms with Gasteiger partial charge in [0.05, 0.1) is 15.2 Å². The van der Waals surface area contributed by atoms with E-state index in [1.165, 1.54) is 0 Å². The fourth-order valence-corrected chi connectivity index (χ4v) is 4.41. The van der Waals surface area contributed by atoms with E-state index in [1.807, 2.05) is 24.3 Å². The number of aliphatic carboxylic acids is 1. The second-order valence-electron chi connectivity index (χ2n) is 7.05. The first-order chi connectivity index (χ1) is 12.0. The van der Waals surface area contributed by atoms with Gasteiger partial charge in [-0.25, -0.2) is 9.78 Å². The van der Waals surface area contributed by atoms with E-state index >= 15 is 0 Å². The van der Waals surface area contributed by atoms with Crippen LogP contribution in [0.1, 0.15) is 50.5 Å². The van der Waals surface area contributed by atoms with Crippen molar-refractivity contribution in [3.63, 3.8) is 0 Å². The second kappa shape index (κ2) is 7.52. The van der Waals surface area contributed by atoms with Crippen molar-refractivity contribution in [3.05, 3.63) is 29.3 Å². The average Bonchev–Trinajstić information content (AvgIpc) is 2.99. The van der Waals surface area contributed by atoms with Crippen LogP contribution in [0, 0.1) is 5.92 Å². The van der Waals surface area contributed by atoms with Crippen LogP contribution in [-0.4, -0.2) is 27.5 Å². The number of amides is 1. The van der Waals surface area contributed by atoms with Gasteiger partial charge in [-0.3, -0.25) is 4.79 Å². The molecule has 3 rings (SSSR count). The number of aromatic nitrogens is 1. The number of hydrogen-bond acceptors (Lipinski definition) is 4. The zero-order valence-electron chi connectivity index (χ0n) is 14.5. The Morgan fingerprint density at radius 1 is 1.32 bits per heavy atom. The molecule has 25 heavy (non-hydrogen) atoms. The normalized spacial score (nSPS) is 23.5. The summed E-state index contributed by atoms with van der Waals surface area (Å²) < 4.78 is 1.16. The summed E-state index contributed by atoms with van der Waals surface area (Å²) in [7, 11) is 0. The number of carbonyl (C=O) groups excluding carboxylic acids is 1. The number of carboxylic acids is 1. The quantitative estimate of drug-likeness (QED) is 0.822. The van der Waals surface area contributed by atoms with Crippen LogP contribution in [0.15, 0.2) is 24.3 Å². The van der Waals surface area contributed by atoms with Gasteiger partial charge >= 0.3 is 5.97 Å². The van der Waals surface area contributed by atoms with Crippen molar-refractivity contribution in [3.8, 4) is 0 Å². The summed E-state index contributed by atoms with van der Waals surface area (Å²) >= 11 is 1.65. The lowest BCUT2D eigenvalue weighted by molar-refractivity contribution is -0.149. The molecule has 1 saturated carbocycles. The van der Waals surface area contributed by atoms with E-state index in [0.717, 1.165) is 34.5 Å². The van der Waals surface area contributed by atoms with Gasteiger partial charge in [-0.15, -0.1) is 11.3 Å². The van der Waals surface area contributed by atoms with Gasteiger partial charge in [0.25, 0.3) is 0 Å². The minimum Gasteiger partial charge on any atom is -0.480 e. The molecule has 134 valence electrons. The van der Waals surface area contributed by atoms with Crippen molar-refractivity contribution in [1.29, 1.82) is 0 Å². The summed E-state index contributed by atoms with van der Waals surface area (Å²) in [5.74, 6) is -0.541. The van der Waals surface area contributed by atoms with E-state index in [2.05, 4.69) is 17.2 Å². The molecule has 1 fully saturated rings. The zero-order valence-corrected chi connectivity index (χ0v) is 15.3. The van der Waals surface area contributed by atoms with Crippen LogP contribution in [0.3, 0.4) is 0 Å². The Hall–Kier alpha value is -1.95. The van der Waals surface area contributed by atoms with Crippen LogP contribution in [0.25, 0.3) is 10.2 Å². The highest BCUT2D eigenvalue weighted by atomic mass is 32.1. The standard InChI is InChI=1S/C19H24N2O3S/c1-13-9-11-19(12-10-13,18(23)24)21-16(22)7-4-8-17-20-14-5-2-3-6-15(14)25-17/h2-3,5-6,13H,4,7-12H2,1H3,(H,21,22)(H,23,24). The van der Waals surface area contributed by atoms with E-state index in [9.17, 15) is 14.7 Å². The van der Waals surface area contributed by atoms with E-state index in [4.69, 9.17) is 0 Å². The maximum Gasteiger partial charge on any atom is 0.329 e. The van der Waals surface area contributed by atoms with Crippen LogP contribution in [0.4, 0.5) is 0 Å². The van der Waals surface area contributed by atoms with Gasteiger partial charge < -0.3 is 10.4 Å². The number of para-hydroxylation sites is 1. The Kier molecular flexibility index (Phi) is 5.37. The van der Waals surface area contributed by atoms with Gasteiger partial charge in [-0.2, -0.15) is 0 Å². The number of fused-ring (bicyclic) bond motifs is 1. The lowest BCUT2D eigenvalue weighted by Crippen LogP contribution is -2.56. The molecule has 1 heterocycles. The third-order valence-corrected chi connectivity index (χ3v) is 6.14. The molecule has 0 atom stereocenters. The van der Waals surface area contributed by atoms with Gasteiger partial charge in [-0.1, -0.05) is 19.1 Å². The third-order valence-electron chi connectivity index (χ3n) is 5.05. The molecule has 1 aliphatic rings. The molecule has 0 spiro atoms. The number of nitrogens with zero attached hydrogens (tertiary/aromatic N) is 1. The number of aryl methyl sites for hydroxylation is 1. The number of benzene rings is 1. The molecule has 0 aliphatic heterocycles. The summed E-state index contributed by atoms with van der Waals surface area (Å²) in [6.07, 6.45) is 4.49. The molecule has 6 heteroatoms. The van der Waals surface area contributed by atoms with Crippen LogP contribution in [0.2, 0.25) is 0 Å². The van der Waals surface area contributed by atoms with Gasteiger partial charge in [-0.05, 0) is 56.6 Å². The molecule has 2 aromatic rings. The molecule has 0 unspecified atom stereocenters. The number of carboxylic acid groups (broad SMARTS) is 1. The summed E-state index contributed by atoms with van der Waals surface area (Å²) in [4.78, 5) is 28.5. The minimum atomic E-state index is -1.07. The van der Waals surface area contributed by atoms with Crippen molar-refractivity contribution >= 4 is 33.4 Å². The highest BCUT2D eigenvalue weighted by Gasteiger charge is 2.42. The highest BCUT2D eigenvalue weighted by molar-refractivity contribution is 7.18. The lowest BCUT2D eigenvalue weighted by Gasteiger charge is -2.36. The molecule has 1 aromatic carbocycles. The second-order valence-corrected chi connectivity index (χ2v) is 8.16. The largest absolute Gasteiger partial charge is 0.480 e. The van der Waals surface area contributed by atoms with Gasteiger partial charge in [0.2, 0.25) is 5.91 Å². The molecular formula is C19H24N2O3S. The summed E-state index contributed by atoms with van der Waals surface area (Å²) in [6.45, 7) is 2.13. The number of hydrogen-bond donors (Lipinski definition) is 2. The number of carbonyl (C=O) groups is 2. The van der Waals surface area contributed by atoms with E-state index < -0.39 is 11.5 Å². The van der Waals surface area contributed by atoms with Gasteiger partial charge in [0.15, 0.2) is 0 Å². The number of thiazole rings is 1. The Labute approximate surface area is 151 Å². The SMILES string of the molecule is CC1CCC(NC(=O)CCCc2nc3ccccc3s2)(C(=O)O)CC1. The van der Waals surface area contributed by atoms with Crippen molar-refractivity contribution in [2.24, 2.45) is 5.92 Å². The minimum absolute atomic E-state index is 0.168. The van der Waals surface area contributed by atoms with Gasteiger partial charge in [0, 0.05) is 6.42 Å². The Bertz CT molecular complexity index is 730. The average molecular weight is 360 g/mol.